The number of halogens is 1. The van der Waals surface area contributed by atoms with Gasteiger partial charge in [0, 0.05) is 18.9 Å². The molecule has 108 valence electrons. The second-order valence-corrected chi connectivity index (χ2v) is 6.48. The number of aromatic nitrogens is 1. The minimum absolute atomic E-state index is 0. The molecule has 1 unspecified atom stereocenters. The van der Waals surface area contributed by atoms with E-state index in [1.165, 1.54) is 0 Å². The number of hydrogen-bond donors (Lipinski definition) is 2. The van der Waals surface area contributed by atoms with E-state index in [-0.39, 0.29) is 18.2 Å². The maximum Gasteiger partial charge on any atom is 0.215 e. The molecule has 0 aliphatic carbocycles. The van der Waals surface area contributed by atoms with Crippen LogP contribution in [0.5, 0.6) is 0 Å². The van der Waals surface area contributed by atoms with Gasteiger partial charge in [-0.2, -0.15) is 0 Å². The lowest BCUT2D eigenvalue weighted by molar-refractivity contribution is 0.376. The lowest BCUT2D eigenvalue weighted by Gasteiger charge is -2.22. The van der Waals surface area contributed by atoms with E-state index < -0.39 is 10.0 Å². The van der Waals surface area contributed by atoms with Crippen LogP contribution in [0.4, 0.5) is 0 Å². The third kappa shape index (κ3) is 5.86. The highest BCUT2D eigenvalue weighted by Crippen LogP contribution is 2.09. The van der Waals surface area contributed by atoms with Crippen LogP contribution in [0, 0.1) is 5.92 Å². The Balaban J connectivity index is 0.00000180. The Bertz CT molecular complexity index is 461. The average molecular weight is 306 g/mol. The summed E-state index contributed by atoms with van der Waals surface area (Å²) in [5, 5.41) is 3.28. The van der Waals surface area contributed by atoms with Crippen LogP contribution in [0.15, 0.2) is 24.5 Å². The predicted octanol–water partition coefficient (Wildman–Crippen LogP) is 0.922. The van der Waals surface area contributed by atoms with Crippen LogP contribution in [0.3, 0.4) is 0 Å². The summed E-state index contributed by atoms with van der Waals surface area (Å²) in [5.74, 6) is 0.432. The number of nitrogens with zero attached hydrogens (tertiary/aromatic N) is 1. The molecular weight excluding hydrogens is 286 g/mol. The van der Waals surface area contributed by atoms with Crippen molar-refractivity contribution < 1.29 is 8.42 Å². The standard InChI is InChI=1S/C12H19N3O2S.ClH/c16-18(17,10-11-3-6-13-7-4-11)15-9-12-2-1-5-14-8-12;/h3-4,6-7,12,14-15H,1-2,5,8-10H2;1H. The fourth-order valence-electron chi connectivity index (χ4n) is 2.09. The molecule has 1 aromatic rings. The molecule has 1 saturated heterocycles. The first-order chi connectivity index (χ1) is 8.66. The summed E-state index contributed by atoms with van der Waals surface area (Å²) in [7, 11) is -3.24. The zero-order valence-corrected chi connectivity index (χ0v) is 12.3. The Hall–Kier alpha value is -0.690. The number of piperidine rings is 1. The van der Waals surface area contributed by atoms with Gasteiger partial charge in [-0.25, -0.2) is 13.1 Å². The van der Waals surface area contributed by atoms with Crippen molar-refractivity contribution in [2.24, 2.45) is 5.92 Å². The van der Waals surface area contributed by atoms with Gasteiger partial charge in [-0.15, -0.1) is 12.4 Å². The molecule has 0 aromatic carbocycles. The lowest BCUT2D eigenvalue weighted by Crippen LogP contribution is -2.38. The molecule has 1 aliphatic heterocycles. The van der Waals surface area contributed by atoms with Crippen molar-refractivity contribution in [3.05, 3.63) is 30.1 Å². The smallest absolute Gasteiger partial charge is 0.215 e. The van der Waals surface area contributed by atoms with E-state index in [9.17, 15) is 8.42 Å². The fourth-order valence-corrected chi connectivity index (χ4v) is 3.32. The highest BCUT2D eigenvalue weighted by Gasteiger charge is 2.17. The summed E-state index contributed by atoms with van der Waals surface area (Å²) >= 11 is 0. The van der Waals surface area contributed by atoms with Gasteiger partial charge in [0.2, 0.25) is 10.0 Å². The first-order valence-corrected chi connectivity index (χ1v) is 7.88. The molecule has 0 spiro atoms. The average Bonchev–Trinajstić information content (AvgIpc) is 2.38. The van der Waals surface area contributed by atoms with E-state index in [0.29, 0.717) is 12.5 Å². The lowest BCUT2D eigenvalue weighted by atomic mass is 10.0. The summed E-state index contributed by atoms with van der Waals surface area (Å²) in [6, 6.07) is 3.45. The van der Waals surface area contributed by atoms with Crippen molar-refractivity contribution in [1.29, 1.82) is 0 Å². The van der Waals surface area contributed by atoms with E-state index in [1.54, 1.807) is 24.5 Å². The molecule has 0 radical (unpaired) electrons. The molecule has 1 aliphatic rings. The largest absolute Gasteiger partial charge is 0.316 e. The molecule has 7 heteroatoms. The van der Waals surface area contributed by atoms with Gasteiger partial charge in [0.05, 0.1) is 5.75 Å². The maximum atomic E-state index is 11.9. The minimum Gasteiger partial charge on any atom is -0.316 e. The van der Waals surface area contributed by atoms with Gasteiger partial charge in [-0.1, -0.05) is 0 Å². The zero-order chi connectivity index (χ0) is 12.8. The van der Waals surface area contributed by atoms with Crippen molar-refractivity contribution in [3.63, 3.8) is 0 Å². The van der Waals surface area contributed by atoms with Crippen LogP contribution in [-0.4, -0.2) is 33.0 Å². The monoisotopic (exact) mass is 305 g/mol. The molecular formula is C12H20ClN3O2S. The number of sulfonamides is 1. The molecule has 19 heavy (non-hydrogen) atoms. The molecule has 0 bridgehead atoms. The molecule has 1 fully saturated rings. The Kier molecular flexibility index (Phi) is 6.71. The van der Waals surface area contributed by atoms with Gasteiger partial charge < -0.3 is 5.32 Å². The van der Waals surface area contributed by atoms with Gasteiger partial charge in [-0.3, -0.25) is 4.98 Å². The normalized spacial score (nSPS) is 19.7. The van der Waals surface area contributed by atoms with Crippen LogP contribution in [0.1, 0.15) is 18.4 Å². The zero-order valence-electron chi connectivity index (χ0n) is 10.7. The van der Waals surface area contributed by atoms with E-state index in [2.05, 4.69) is 15.0 Å². The fraction of sp³-hybridized carbons (Fsp3) is 0.583. The number of hydrogen-bond acceptors (Lipinski definition) is 4. The molecule has 2 heterocycles. The maximum absolute atomic E-state index is 11.9. The third-order valence-corrected chi connectivity index (χ3v) is 4.42. The van der Waals surface area contributed by atoms with E-state index in [0.717, 1.165) is 31.5 Å². The Morgan fingerprint density at radius 3 is 2.74 bits per heavy atom. The Labute approximate surface area is 120 Å². The first-order valence-electron chi connectivity index (χ1n) is 6.23. The SMILES string of the molecule is Cl.O=S(=O)(Cc1ccncc1)NCC1CCCNC1. The highest BCUT2D eigenvalue weighted by atomic mass is 35.5. The van der Waals surface area contributed by atoms with Crippen molar-refractivity contribution >= 4 is 22.4 Å². The summed E-state index contributed by atoms with van der Waals surface area (Å²) in [5.41, 5.74) is 0.763. The van der Waals surface area contributed by atoms with Crippen molar-refractivity contribution in [2.45, 2.75) is 18.6 Å². The van der Waals surface area contributed by atoms with Gasteiger partial charge in [-0.05, 0) is 49.5 Å². The van der Waals surface area contributed by atoms with Gasteiger partial charge >= 0.3 is 0 Å². The van der Waals surface area contributed by atoms with Crippen molar-refractivity contribution in [2.75, 3.05) is 19.6 Å². The molecule has 0 amide bonds. The summed E-state index contributed by atoms with van der Waals surface area (Å²) in [6.07, 6.45) is 5.42. The van der Waals surface area contributed by atoms with Gasteiger partial charge in [0.25, 0.3) is 0 Å². The number of rotatable bonds is 5. The summed E-state index contributed by atoms with van der Waals surface area (Å²) in [4.78, 5) is 3.87. The quantitative estimate of drug-likeness (QED) is 0.849. The number of pyridine rings is 1. The van der Waals surface area contributed by atoms with Gasteiger partial charge in [0.15, 0.2) is 0 Å². The van der Waals surface area contributed by atoms with Crippen LogP contribution >= 0.6 is 12.4 Å². The van der Waals surface area contributed by atoms with E-state index >= 15 is 0 Å². The van der Waals surface area contributed by atoms with E-state index in [4.69, 9.17) is 0 Å². The second-order valence-electron chi connectivity index (χ2n) is 4.68. The summed E-state index contributed by atoms with van der Waals surface area (Å²) in [6.45, 7) is 2.47. The first kappa shape index (κ1) is 16.4. The Morgan fingerprint density at radius 2 is 2.11 bits per heavy atom. The van der Waals surface area contributed by atoms with Crippen molar-refractivity contribution in [3.8, 4) is 0 Å². The molecule has 1 atom stereocenters. The highest BCUT2D eigenvalue weighted by molar-refractivity contribution is 7.88. The molecule has 2 N–H and O–H groups in total. The van der Waals surface area contributed by atoms with Crippen molar-refractivity contribution in [1.82, 2.24) is 15.0 Å². The third-order valence-electron chi connectivity index (χ3n) is 3.10. The second kappa shape index (κ2) is 7.79. The Morgan fingerprint density at radius 1 is 1.37 bits per heavy atom. The molecule has 1 aromatic heterocycles. The molecule has 0 saturated carbocycles. The van der Waals surface area contributed by atoms with Crippen LogP contribution in [-0.2, 0) is 15.8 Å². The van der Waals surface area contributed by atoms with Crippen LogP contribution < -0.4 is 10.0 Å². The topological polar surface area (TPSA) is 71.1 Å². The van der Waals surface area contributed by atoms with Gasteiger partial charge in [0.1, 0.15) is 0 Å². The van der Waals surface area contributed by atoms with Crippen LogP contribution in [0.25, 0.3) is 0 Å². The predicted molar refractivity (Wildman–Crippen MR) is 77.7 cm³/mol. The molecule has 2 rings (SSSR count). The molecule has 5 nitrogen and oxygen atoms in total. The van der Waals surface area contributed by atoms with E-state index in [1.807, 2.05) is 0 Å². The van der Waals surface area contributed by atoms with Crippen LogP contribution in [0.2, 0.25) is 0 Å². The summed E-state index contributed by atoms with van der Waals surface area (Å²) < 4.78 is 26.5. The number of nitrogens with one attached hydrogen (secondary N) is 2. The minimum atomic E-state index is -3.24.